The molecule has 88 valence electrons. The summed E-state index contributed by atoms with van der Waals surface area (Å²) in [6.07, 6.45) is -2.57. The molecule has 0 rings (SSSR count). The molecule has 3 atom stereocenters. The van der Waals surface area contributed by atoms with Gasteiger partial charge in [0.15, 0.2) is 0 Å². The SMILES string of the molecule is C.CCOC(C(C)C)C(O)C(O)CO. The highest BCUT2D eigenvalue weighted by molar-refractivity contribution is 4.78. The molecule has 4 heteroatoms. The van der Waals surface area contributed by atoms with Gasteiger partial charge in [0.2, 0.25) is 0 Å². The summed E-state index contributed by atoms with van der Waals surface area (Å²) >= 11 is 0. The zero-order chi connectivity index (χ0) is 10.4. The molecule has 0 saturated carbocycles. The second-order valence-electron chi connectivity index (χ2n) is 3.40. The first-order valence-corrected chi connectivity index (χ1v) is 4.63. The maximum atomic E-state index is 9.54. The van der Waals surface area contributed by atoms with Crippen molar-refractivity contribution in [3.05, 3.63) is 0 Å². The van der Waals surface area contributed by atoms with Gasteiger partial charge in [0.05, 0.1) is 12.7 Å². The molecule has 0 aromatic heterocycles. The Morgan fingerprint density at radius 1 is 1.21 bits per heavy atom. The number of aliphatic hydroxyl groups is 3. The average molecular weight is 208 g/mol. The standard InChI is InChI=1S/C9H20O4.CH4/c1-4-13-9(6(2)3)8(12)7(11)5-10;/h6-12H,4-5H2,1-3H3;1H4. The molecular formula is C10H24O4. The largest absolute Gasteiger partial charge is 0.394 e. The minimum atomic E-state index is -1.13. The lowest BCUT2D eigenvalue weighted by Crippen LogP contribution is -2.43. The molecule has 0 aliphatic rings. The van der Waals surface area contributed by atoms with Gasteiger partial charge in [-0.05, 0) is 12.8 Å². The van der Waals surface area contributed by atoms with E-state index in [4.69, 9.17) is 9.84 Å². The lowest BCUT2D eigenvalue weighted by molar-refractivity contribution is -0.115. The van der Waals surface area contributed by atoms with E-state index in [2.05, 4.69) is 0 Å². The summed E-state index contributed by atoms with van der Waals surface area (Å²) in [5, 5.41) is 27.4. The summed E-state index contributed by atoms with van der Waals surface area (Å²) in [7, 11) is 0. The van der Waals surface area contributed by atoms with Gasteiger partial charge < -0.3 is 20.1 Å². The summed E-state index contributed by atoms with van der Waals surface area (Å²) in [6.45, 7) is 5.66. The van der Waals surface area contributed by atoms with E-state index in [1.165, 1.54) is 0 Å². The van der Waals surface area contributed by atoms with Crippen LogP contribution in [0.1, 0.15) is 28.2 Å². The average Bonchev–Trinajstić information content (AvgIpc) is 2.11. The smallest absolute Gasteiger partial charge is 0.108 e. The zero-order valence-corrected chi connectivity index (χ0v) is 8.47. The number of ether oxygens (including phenoxy) is 1. The summed E-state index contributed by atoms with van der Waals surface area (Å²) < 4.78 is 5.27. The van der Waals surface area contributed by atoms with Crippen LogP contribution in [0.5, 0.6) is 0 Å². The van der Waals surface area contributed by atoms with Crippen molar-refractivity contribution < 1.29 is 20.1 Å². The van der Waals surface area contributed by atoms with Crippen LogP contribution in [0.3, 0.4) is 0 Å². The number of rotatable bonds is 6. The van der Waals surface area contributed by atoms with E-state index < -0.39 is 24.9 Å². The Labute approximate surface area is 86.5 Å². The number of hydrogen-bond donors (Lipinski definition) is 3. The summed E-state index contributed by atoms with van der Waals surface area (Å²) in [5.41, 5.74) is 0. The lowest BCUT2D eigenvalue weighted by atomic mass is 9.98. The van der Waals surface area contributed by atoms with Crippen LogP contribution in [0, 0.1) is 5.92 Å². The van der Waals surface area contributed by atoms with E-state index in [0.717, 1.165) is 0 Å². The maximum absolute atomic E-state index is 9.54. The van der Waals surface area contributed by atoms with Gasteiger partial charge in [0.25, 0.3) is 0 Å². The van der Waals surface area contributed by atoms with Crippen LogP contribution in [0.4, 0.5) is 0 Å². The Bertz CT molecular complexity index is 127. The fourth-order valence-electron chi connectivity index (χ4n) is 1.20. The van der Waals surface area contributed by atoms with Crippen molar-refractivity contribution in [2.75, 3.05) is 13.2 Å². The molecule has 0 bridgehead atoms. The minimum absolute atomic E-state index is 0. The van der Waals surface area contributed by atoms with Gasteiger partial charge in [-0.1, -0.05) is 21.3 Å². The van der Waals surface area contributed by atoms with E-state index in [1.807, 2.05) is 20.8 Å². The first-order chi connectivity index (χ1) is 6.04. The van der Waals surface area contributed by atoms with Crippen molar-refractivity contribution in [1.29, 1.82) is 0 Å². The molecule has 14 heavy (non-hydrogen) atoms. The van der Waals surface area contributed by atoms with Gasteiger partial charge in [0, 0.05) is 6.61 Å². The van der Waals surface area contributed by atoms with Gasteiger partial charge >= 0.3 is 0 Å². The van der Waals surface area contributed by atoms with Crippen LogP contribution in [-0.2, 0) is 4.74 Å². The summed E-state index contributed by atoms with van der Waals surface area (Å²) in [5.74, 6) is 0.108. The zero-order valence-electron chi connectivity index (χ0n) is 8.47. The van der Waals surface area contributed by atoms with Crippen LogP contribution >= 0.6 is 0 Å². The third-order valence-electron chi connectivity index (χ3n) is 1.93. The second kappa shape index (κ2) is 8.17. The molecule has 0 aromatic rings. The van der Waals surface area contributed by atoms with Gasteiger partial charge in [-0.15, -0.1) is 0 Å². The van der Waals surface area contributed by atoms with Crippen LogP contribution in [0.15, 0.2) is 0 Å². The molecule has 0 fully saturated rings. The van der Waals surface area contributed by atoms with Crippen LogP contribution in [-0.4, -0.2) is 46.8 Å². The van der Waals surface area contributed by atoms with Crippen molar-refractivity contribution >= 4 is 0 Å². The van der Waals surface area contributed by atoms with Crippen LogP contribution < -0.4 is 0 Å². The molecule has 3 unspecified atom stereocenters. The quantitative estimate of drug-likeness (QED) is 0.591. The summed E-state index contributed by atoms with van der Waals surface area (Å²) in [6, 6.07) is 0. The fourth-order valence-corrected chi connectivity index (χ4v) is 1.20. The topological polar surface area (TPSA) is 69.9 Å². The van der Waals surface area contributed by atoms with E-state index in [0.29, 0.717) is 6.61 Å². The molecule has 0 aliphatic heterocycles. The lowest BCUT2D eigenvalue weighted by Gasteiger charge is -2.28. The Hall–Kier alpha value is -0.160. The third kappa shape index (κ3) is 4.91. The van der Waals surface area contributed by atoms with E-state index in [1.54, 1.807) is 0 Å². The van der Waals surface area contributed by atoms with E-state index >= 15 is 0 Å². The van der Waals surface area contributed by atoms with Crippen molar-refractivity contribution in [3.63, 3.8) is 0 Å². The Kier molecular flexibility index (Phi) is 9.50. The molecule has 0 saturated heterocycles. The monoisotopic (exact) mass is 208 g/mol. The summed E-state index contributed by atoms with van der Waals surface area (Å²) in [4.78, 5) is 0. The molecular weight excluding hydrogens is 184 g/mol. The van der Waals surface area contributed by atoms with Crippen molar-refractivity contribution in [2.45, 2.75) is 46.5 Å². The first kappa shape index (κ1) is 16.3. The van der Waals surface area contributed by atoms with E-state index in [-0.39, 0.29) is 13.3 Å². The normalized spacial score (nSPS) is 17.4. The molecule has 0 radical (unpaired) electrons. The van der Waals surface area contributed by atoms with Gasteiger partial charge in [-0.2, -0.15) is 0 Å². The Balaban J connectivity index is 0. The van der Waals surface area contributed by atoms with Crippen LogP contribution in [0.2, 0.25) is 0 Å². The predicted molar refractivity (Wildman–Crippen MR) is 56.1 cm³/mol. The third-order valence-corrected chi connectivity index (χ3v) is 1.93. The Morgan fingerprint density at radius 3 is 2.00 bits per heavy atom. The van der Waals surface area contributed by atoms with E-state index in [9.17, 15) is 10.2 Å². The molecule has 0 heterocycles. The first-order valence-electron chi connectivity index (χ1n) is 4.63. The van der Waals surface area contributed by atoms with Crippen LogP contribution in [0.25, 0.3) is 0 Å². The van der Waals surface area contributed by atoms with Gasteiger partial charge in [-0.3, -0.25) is 0 Å². The molecule has 4 nitrogen and oxygen atoms in total. The highest BCUT2D eigenvalue weighted by Gasteiger charge is 2.28. The molecule has 0 amide bonds. The highest BCUT2D eigenvalue weighted by Crippen LogP contribution is 2.13. The molecule has 0 aliphatic carbocycles. The molecule has 3 N–H and O–H groups in total. The van der Waals surface area contributed by atoms with Crippen molar-refractivity contribution in [1.82, 2.24) is 0 Å². The molecule has 0 aromatic carbocycles. The minimum Gasteiger partial charge on any atom is -0.394 e. The fraction of sp³-hybridized carbons (Fsp3) is 1.00. The van der Waals surface area contributed by atoms with Crippen molar-refractivity contribution in [2.24, 2.45) is 5.92 Å². The predicted octanol–water partition coefficient (Wildman–Crippen LogP) is 0.398. The number of aliphatic hydroxyl groups excluding tert-OH is 3. The second-order valence-corrected chi connectivity index (χ2v) is 3.40. The number of hydrogen-bond acceptors (Lipinski definition) is 4. The Morgan fingerprint density at radius 2 is 1.71 bits per heavy atom. The van der Waals surface area contributed by atoms with Gasteiger partial charge in [-0.25, -0.2) is 0 Å². The maximum Gasteiger partial charge on any atom is 0.108 e. The highest BCUT2D eigenvalue weighted by atomic mass is 16.5. The van der Waals surface area contributed by atoms with Gasteiger partial charge in [0.1, 0.15) is 12.2 Å². The molecule has 0 spiro atoms. The van der Waals surface area contributed by atoms with Crippen molar-refractivity contribution in [3.8, 4) is 0 Å².